The van der Waals surface area contributed by atoms with Crippen LogP contribution >= 0.6 is 23.1 Å². The third kappa shape index (κ3) is 4.32. The number of aryl methyl sites for hydroxylation is 1. The Hall–Kier alpha value is -2.63. The van der Waals surface area contributed by atoms with Gasteiger partial charge in [0.05, 0.1) is 18.3 Å². The molecule has 0 saturated carbocycles. The molecule has 8 nitrogen and oxygen atoms in total. The van der Waals surface area contributed by atoms with Crippen molar-refractivity contribution >= 4 is 28.1 Å². The Morgan fingerprint density at radius 3 is 2.88 bits per heavy atom. The van der Waals surface area contributed by atoms with Crippen LogP contribution in [0.1, 0.15) is 30.5 Å². The molecule has 0 radical (unpaired) electrons. The molecule has 4 heterocycles. The number of ether oxygens (including phenoxy) is 1. The van der Waals surface area contributed by atoms with Gasteiger partial charge in [-0.05, 0) is 43.5 Å². The largest absolute Gasteiger partial charge is 0.376 e. The van der Waals surface area contributed by atoms with Crippen molar-refractivity contribution in [3.05, 3.63) is 57.2 Å². The molecule has 1 saturated heterocycles. The Morgan fingerprint density at radius 1 is 1.28 bits per heavy atom. The van der Waals surface area contributed by atoms with Gasteiger partial charge < -0.3 is 4.74 Å². The van der Waals surface area contributed by atoms with Crippen LogP contribution in [-0.2, 0) is 23.5 Å². The molecule has 11 heteroatoms. The normalized spacial score (nSPS) is 16.2. The van der Waals surface area contributed by atoms with Crippen molar-refractivity contribution in [1.82, 2.24) is 29.4 Å². The second kappa shape index (κ2) is 9.08. The summed E-state index contributed by atoms with van der Waals surface area (Å²) in [6, 6.07) is 7.75. The molecule has 1 aliphatic rings. The van der Waals surface area contributed by atoms with E-state index in [1.807, 2.05) is 11.5 Å². The lowest BCUT2D eigenvalue weighted by Gasteiger charge is -2.14. The monoisotopic (exact) mass is 472 g/mol. The fourth-order valence-corrected chi connectivity index (χ4v) is 5.31. The maximum absolute atomic E-state index is 13.4. The molecule has 0 N–H and O–H groups in total. The Labute approximate surface area is 191 Å². The summed E-state index contributed by atoms with van der Waals surface area (Å²) in [4.78, 5) is 17.6. The molecule has 32 heavy (non-hydrogen) atoms. The first-order valence-electron chi connectivity index (χ1n) is 10.4. The Bertz CT molecular complexity index is 1290. The minimum atomic E-state index is -0.296. The third-order valence-corrected chi connectivity index (χ3v) is 7.27. The van der Waals surface area contributed by atoms with Gasteiger partial charge in [-0.1, -0.05) is 30.0 Å². The summed E-state index contributed by atoms with van der Waals surface area (Å²) in [6.45, 7) is 3.37. The Kier molecular flexibility index (Phi) is 6.03. The fraction of sp³-hybridized carbons (Fsp3) is 0.381. The van der Waals surface area contributed by atoms with Crippen LogP contribution in [0.15, 0.2) is 40.3 Å². The van der Waals surface area contributed by atoms with Crippen LogP contribution < -0.4 is 5.56 Å². The van der Waals surface area contributed by atoms with Crippen molar-refractivity contribution in [2.75, 3.05) is 6.61 Å². The number of aromatic nitrogens is 6. The zero-order valence-electron chi connectivity index (χ0n) is 17.4. The minimum Gasteiger partial charge on any atom is -0.376 e. The summed E-state index contributed by atoms with van der Waals surface area (Å²) in [5.41, 5.74) is 1.27. The third-order valence-electron chi connectivity index (χ3n) is 5.22. The molecule has 1 atom stereocenters. The van der Waals surface area contributed by atoms with Gasteiger partial charge in [0.25, 0.3) is 5.56 Å². The second-order valence-corrected chi connectivity index (χ2v) is 9.46. The van der Waals surface area contributed by atoms with Crippen LogP contribution in [-0.4, -0.2) is 42.1 Å². The van der Waals surface area contributed by atoms with E-state index in [2.05, 4.69) is 20.3 Å². The predicted molar refractivity (Wildman–Crippen MR) is 120 cm³/mol. The van der Waals surface area contributed by atoms with Crippen molar-refractivity contribution in [3.8, 4) is 11.4 Å². The quantitative estimate of drug-likeness (QED) is 0.380. The van der Waals surface area contributed by atoms with Crippen molar-refractivity contribution in [2.24, 2.45) is 0 Å². The summed E-state index contributed by atoms with van der Waals surface area (Å²) < 4.78 is 22.6. The highest BCUT2D eigenvalue weighted by molar-refractivity contribution is 7.98. The number of rotatable bonds is 7. The lowest BCUT2D eigenvalue weighted by molar-refractivity contribution is 0.0953. The van der Waals surface area contributed by atoms with Gasteiger partial charge in [-0.2, -0.15) is 9.61 Å². The molecule has 1 fully saturated rings. The van der Waals surface area contributed by atoms with Gasteiger partial charge in [-0.25, -0.2) is 9.37 Å². The molecular weight excluding hydrogens is 451 g/mol. The molecule has 3 aromatic heterocycles. The van der Waals surface area contributed by atoms with E-state index in [9.17, 15) is 9.18 Å². The molecule has 1 unspecified atom stereocenters. The summed E-state index contributed by atoms with van der Waals surface area (Å²) in [5, 5.41) is 14.6. The fourth-order valence-electron chi connectivity index (χ4n) is 3.62. The van der Waals surface area contributed by atoms with Crippen LogP contribution in [0, 0.1) is 5.82 Å². The predicted octanol–water partition coefficient (Wildman–Crippen LogP) is 3.58. The first-order chi connectivity index (χ1) is 15.6. The molecular formula is C21H21FN6O2S2. The van der Waals surface area contributed by atoms with Gasteiger partial charge in [-0.3, -0.25) is 9.36 Å². The molecule has 0 amide bonds. The number of benzene rings is 1. The molecule has 5 rings (SSSR count). The Balaban J connectivity index is 1.43. The first-order valence-corrected chi connectivity index (χ1v) is 12.2. The average molecular weight is 473 g/mol. The number of hydrogen-bond acceptors (Lipinski definition) is 8. The van der Waals surface area contributed by atoms with Gasteiger partial charge >= 0.3 is 0 Å². The van der Waals surface area contributed by atoms with Crippen molar-refractivity contribution in [2.45, 2.75) is 49.7 Å². The van der Waals surface area contributed by atoms with Crippen LogP contribution in [0.4, 0.5) is 4.39 Å². The van der Waals surface area contributed by atoms with E-state index < -0.39 is 0 Å². The molecule has 0 aliphatic carbocycles. The first kappa shape index (κ1) is 21.2. The van der Waals surface area contributed by atoms with E-state index in [-0.39, 0.29) is 17.5 Å². The van der Waals surface area contributed by atoms with Crippen molar-refractivity contribution in [3.63, 3.8) is 0 Å². The van der Waals surface area contributed by atoms with Crippen molar-refractivity contribution in [1.29, 1.82) is 0 Å². The SMILES string of the molecule is CCc1nn2c(=O)cc(CSc3nnc(-c4ccc(F)cc4)n3CC3CCCO3)nc2s1. The van der Waals surface area contributed by atoms with Gasteiger partial charge in [-0.15, -0.1) is 10.2 Å². The van der Waals surface area contributed by atoms with E-state index in [1.165, 1.54) is 45.8 Å². The van der Waals surface area contributed by atoms with Crippen LogP contribution in [0.5, 0.6) is 0 Å². The Morgan fingerprint density at radius 2 is 2.12 bits per heavy atom. The zero-order valence-corrected chi connectivity index (χ0v) is 19.0. The molecule has 0 bridgehead atoms. The summed E-state index contributed by atoms with van der Waals surface area (Å²) >= 11 is 2.89. The smallest absolute Gasteiger partial charge is 0.275 e. The van der Waals surface area contributed by atoms with E-state index in [0.29, 0.717) is 33.9 Å². The summed E-state index contributed by atoms with van der Waals surface area (Å²) in [7, 11) is 0. The highest BCUT2D eigenvalue weighted by Gasteiger charge is 2.22. The van der Waals surface area contributed by atoms with Gasteiger partial charge in [0.1, 0.15) is 10.8 Å². The highest BCUT2D eigenvalue weighted by Crippen LogP contribution is 2.28. The zero-order chi connectivity index (χ0) is 22.1. The molecule has 1 aromatic carbocycles. The molecule has 0 spiro atoms. The van der Waals surface area contributed by atoms with Gasteiger partial charge in [0, 0.05) is 24.0 Å². The minimum absolute atomic E-state index is 0.0910. The summed E-state index contributed by atoms with van der Waals surface area (Å²) in [5.74, 6) is 0.843. The summed E-state index contributed by atoms with van der Waals surface area (Å²) in [6.07, 6.45) is 2.86. The van der Waals surface area contributed by atoms with Crippen LogP contribution in [0.2, 0.25) is 0 Å². The van der Waals surface area contributed by atoms with Gasteiger partial charge in [0.2, 0.25) is 4.96 Å². The maximum atomic E-state index is 13.4. The lowest BCUT2D eigenvalue weighted by Crippen LogP contribution is -2.17. The van der Waals surface area contributed by atoms with E-state index in [1.54, 1.807) is 12.1 Å². The number of hydrogen-bond donors (Lipinski definition) is 0. The molecule has 166 valence electrons. The van der Waals surface area contributed by atoms with E-state index in [4.69, 9.17) is 4.74 Å². The topological polar surface area (TPSA) is 87.2 Å². The number of nitrogens with zero attached hydrogens (tertiary/aromatic N) is 6. The van der Waals surface area contributed by atoms with Crippen molar-refractivity contribution < 1.29 is 9.13 Å². The maximum Gasteiger partial charge on any atom is 0.275 e. The molecule has 1 aliphatic heterocycles. The van der Waals surface area contributed by atoms with Gasteiger partial charge in [0.15, 0.2) is 11.0 Å². The van der Waals surface area contributed by atoms with E-state index in [0.717, 1.165) is 36.4 Å². The van der Waals surface area contributed by atoms with E-state index >= 15 is 0 Å². The average Bonchev–Trinajstić information content (AvgIpc) is 3.53. The highest BCUT2D eigenvalue weighted by atomic mass is 32.2. The number of thioether (sulfide) groups is 1. The van der Waals surface area contributed by atoms with Crippen LogP contribution in [0.3, 0.4) is 0 Å². The lowest BCUT2D eigenvalue weighted by atomic mass is 10.2. The molecule has 4 aromatic rings. The second-order valence-electron chi connectivity index (χ2n) is 7.48. The number of fused-ring (bicyclic) bond motifs is 1. The number of halogens is 1. The standard InChI is InChI=1S/C21H21FN6O2S2/c1-2-17-26-28-18(29)10-15(23-20(28)32-17)12-31-21-25-24-19(13-5-7-14(22)8-6-13)27(21)11-16-4-3-9-30-16/h5-8,10,16H,2-4,9,11-12H2,1H3. The van der Waals surface area contributed by atoms with Crippen LogP contribution in [0.25, 0.3) is 16.3 Å².